The van der Waals surface area contributed by atoms with Crippen molar-refractivity contribution in [3.63, 3.8) is 0 Å². The lowest BCUT2D eigenvalue weighted by molar-refractivity contribution is -0.142. The highest BCUT2D eigenvalue weighted by Crippen LogP contribution is 2.35. The fraction of sp³-hybridized carbons (Fsp3) is 0.421. The second-order valence-electron chi connectivity index (χ2n) is 6.56. The first-order chi connectivity index (χ1) is 14.0. The molecule has 0 saturated carbocycles. The molecule has 1 aliphatic heterocycles. The molecule has 2 aromatic rings. The molecule has 7 nitrogen and oxygen atoms in total. The average Bonchev–Trinajstić information content (AvgIpc) is 3.20. The van der Waals surface area contributed by atoms with E-state index in [-0.39, 0.29) is 12.1 Å². The number of esters is 1. The number of H-pyrrole nitrogens is 1. The van der Waals surface area contributed by atoms with Crippen molar-refractivity contribution < 1.29 is 23.1 Å². The zero-order chi connectivity index (χ0) is 21.0. The molecule has 1 aromatic carbocycles. The standard InChI is InChI=1S/C19H22F2N4O3S/c1-28-18(26)14(7-9-29-2)24-19(27)25-8-6-13-16(23-10-22-13)17(25)11-4-3-5-12(20)15(11)21/h3-5,10,14,17H,6-9H2,1-2H3,(H,22,23)(H,24,27)/t14-,17?/m0/s1. The Labute approximate surface area is 171 Å². The number of nitrogens with zero attached hydrogens (tertiary/aromatic N) is 2. The van der Waals surface area contributed by atoms with E-state index in [2.05, 4.69) is 15.3 Å². The smallest absolute Gasteiger partial charge is 0.328 e. The van der Waals surface area contributed by atoms with Gasteiger partial charge in [-0.1, -0.05) is 12.1 Å². The summed E-state index contributed by atoms with van der Waals surface area (Å²) in [5.74, 6) is -1.94. The van der Waals surface area contributed by atoms with Gasteiger partial charge in [-0.15, -0.1) is 0 Å². The van der Waals surface area contributed by atoms with Crippen LogP contribution in [0.5, 0.6) is 0 Å². The molecule has 10 heteroatoms. The predicted octanol–water partition coefficient (Wildman–Crippen LogP) is 2.64. The molecule has 0 radical (unpaired) electrons. The molecule has 3 rings (SSSR count). The SMILES string of the molecule is COC(=O)[C@H](CCSC)NC(=O)N1CCc2[nH]cnc2C1c1cccc(F)c1F. The number of nitrogens with one attached hydrogen (secondary N) is 2. The summed E-state index contributed by atoms with van der Waals surface area (Å²) in [6.45, 7) is 0.248. The van der Waals surface area contributed by atoms with Crippen LogP contribution in [-0.2, 0) is 16.0 Å². The lowest BCUT2D eigenvalue weighted by Gasteiger charge is -2.36. The van der Waals surface area contributed by atoms with Gasteiger partial charge >= 0.3 is 12.0 Å². The fourth-order valence-corrected chi connectivity index (χ4v) is 3.87. The minimum Gasteiger partial charge on any atom is -0.467 e. The number of carbonyl (C=O) groups excluding carboxylic acids is 2. The van der Waals surface area contributed by atoms with Gasteiger partial charge in [-0.05, 0) is 24.5 Å². The largest absolute Gasteiger partial charge is 0.467 e. The zero-order valence-corrected chi connectivity index (χ0v) is 16.9. The first-order valence-electron chi connectivity index (χ1n) is 9.07. The van der Waals surface area contributed by atoms with Crippen molar-refractivity contribution in [3.05, 3.63) is 53.1 Å². The van der Waals surface area contributed by atoms with E-state index in [1.807, 2.05) is 6.26 Å². The molecule has 0 aliphatic carbocycles. The molecule has 0 fully saturated rings. The predicted molar refractivity (Wildman–Crippen MR) is 105 cm³/mol. The highest BCUT2D eigenvalue weighted by atomic mass is 32.2. The number of amides is 2. The summed E-state index contributed by atoms with van der Waals surface area (Å²) in [6.07, 6.45) is 4.22. The number of carbonyl (C=O) groups is 2. The molecule has 1 unspecified atom stereocenters. The van der Waals surface area contributed by atoms with Crippen LogP contribution in [0.4, 0.5) is 13.6 Å². The van der Waals surface area contributed by atoms with Gasteiger partial charge in [0.2, 0.25) is 0 Å². The van der Waals surface area contributed by atoms with Crippen molar-refractivity contribution in [1.82, 2.24) is 20.2 Å². The second kappa shape index (κ2) is 9.25. The molecule has 2 heterocycles. The monoisotopic (exact) mass is 424 g/mol. The normalized spacial score (nSPS) is 16.8. The molecule has 2 N–H and O–H groups in total. The second-order valence-corrected chi connectivity index (χ2v) is 7.55. The first-order valence-corrected chi connectivity index (χ1v) is 10.5. The van der Waals surface area contributed by atoms with Gasteiger partial charge in [0, 0.05) is 24.2 Å². The Morgan fingerprint density at radius 2 is 2.24 bits per heavy atom. The van der Waals surface area contributed by atoms with E-state index in [4.69, 9.17) is 4.74 Å². The maximum atomic E-state index is 14.6. The number of urea groups is 1. The Kier molecular flexibility index (Phi) is 6.73. The highest BCUT2D eigenvalue weighted by molar-refractivity contribution is 7.98. The third kappa shape index (κ3) is 4.36. The number of rotatable bonds is 6. The van der Waals surface area contributed by atoms with Crippen molar-refractivity contribution in [2.45, 2.75) is 24.9 Å². The molecule has 29 heavy (non-hydrogen) atoms. The van der Waals surface area contributed by atoms with E-state index in [1.54, 1.807) is 0 Å². The van der Waals surface area contributed by atoms with Crippen LogP contribution in [-0.4, -0.2) is 58.6 Å². The molecule has 0 bridgehead atoms. The molecule has 0 saturated heterocycles. The molecule has 2 amide bonds. The number of hydrogen-bond donors (Lipinski definition) is 2. The van der Waals surface area contributed by atoms with Gasteiger partial charge in [-0.3, -0.25) is 0 Å². The van der Waals surface area contributed by atoms with Crippen LogP contribution in [0.15, 0.2) is 24.5 Å². The number of imidazole rings is 1. The third-order valence-electron chi connectivity index (χ3n) is 4.86. The number of ether oxygens (including phenoxy) is 1. The summed E-state index contributed by atoms with van der Waals surface area (Å²) in [4.78, 5) is 33.7. The van der Waals surface area contributed by atoms with Crippen molar-refractivity contribution in [3.8, 4) is 0 Å². The maximum Gasteiger partial charge on any atom is 0.328 e. The topological polar surface area (TPSA) is 87.3 Å². The van der Waals surface area contributed by atoms with Crippen LogP contribution in [0, 0.1) is 11.6 Å². The van der Waals surface area contributed by atoms with Crippen LogP contribution >= 0.6 is 11.8 Å². The van der Waals surface area contributed by atoms with E-state index in [0.29, 0.717) is 24.3 Å². The van der Waals surface area contributed by atoms with E-state index in [9.17, 15) is 18.4 Å². The Balaban J connectivity index is 1.93. The van der Waals surface area contributed by atoms with Crippen molar-refractivity contribution in [2.75, 3.05) is 25.7 Å². The number of halogens is 2. The van der Waals surface area contributed by atoms with Crippen molar-refractivity contribution in [2.24, 2.45) is 0 Å². The van der Waals surface area contributed by atoms with Gasteiger partial charge in [0.1, 0.15) is 12.1 Å². The van der Waals surface area contributed by atoms with Gasteiger partial charge in [-0.2, -0.15) is 11.8 Å². The summed E-state index contributed by atoms with van der Waals surface area (Å²) >= 11 is 1.54. The lowest BCUT2D eigenvalue weighted by atomic mass is 9.95. The average molecular weight is 424 g/mol. The van der Waals surface area contributed by atoms with E-state index < -0.39 is 35.7 Å². The summed E-state index contributed by atoms with van der Waals surface area (Å²) < 4.78 is 33.2. The third-order valence-corrected chi connectivity index (χ3v) is 5.50. The van der Waals surface area contributed by atoms with Gasteiger partial charge < -0.3 is 19.9 Å². The Morgan fingerprint density at radius 3 is 2.97 bits per heavy atom. The Morgan fingerprint density at radius 1 is 1.45 bits per heavy atom. The van der Waals surface area contributed by atoms with E-state index in [1.165, 1.54) is 42.2 Å². The quantitative estimate of drug-likeness (QED) is 0.697. The number of methoxy groups -OCH3 is 1. The lowest BCUT2D eigenvalue weighted by Crippen LogP contribution is -2.51. The minimum atomic E-state index is -1.03. The number of aromatic nitrogens is 2. The minimum absolute atomic E-state index is 0.00642. The first kappa shape index (κ1) is 21.1. The molecule has 156 valence electrons. The molecule has 2 atom stereocenters. The number of fused-ring (bicyclic) bond motifs is 1. The van der Waals surface area contributed by atoms with Gasteiger partial charge in [0.05, 0.1) is 19.1 Å². The summed E-state index contributed by atoms with van der Waals surface area (Å²) in [5, 5.41) is 2.67. The van der Waals surface area contributed by atoms with Gasteiger partial charge in [0.25, 0.3) is 0 Å². The summed E-state index contributed by atoms with van der Waals surface area (Å²) in [5.41, 5.74) is 1.22. The van der Waals surface area contributed by atoms with Crippen LogP contribution < -0.4 is 5.32 Å². The highest BCUT2D eigenvalue weighted by Gasteiger charge is 2.37. The van der Waals surface area contributed by atoms with Gasteiger partial charge in [0.15, 0.2) is 11.6 Å². The van der Waals surface area contributed by atoms with E-state index in [0.717, 1.165) is 11.8 Å². The number of benzene rings is 1. The van der Waals surface area contributed by atoms with Crippen LogP contribution in [0.25, 0.3) is 0 Å². The van der Waals surface area contributed by atoms with Crippen molar-refractivity contribution >= 4 is 23.8 Å². The molecular weight excluding hydrogens is 402 g/mol. The number of aromatic amines is 1. The Hall–Kier alpha value is -2.62. The molecule has 0 spiro atoms. The van der Waals surface area contributed by atoms with Gasteiger partial charge in [-0.25, -0.2) is 23.4 Å². The molecule has 1 aliphatic rings. The van der Waals surface area contributed by atoms with Crippen LogP contribution in [0.1, 0.15) is 29.4 Å². The zero-order valence-electron chi connectivity index (χ0n) is 16.1. The van der Waals surface area contributed by atoms with Crippen LogP contribution in [0.3, 0.4) is 0 Å². The summed E-state index contributed by atoms with van der Waals surface area (Å²) in [6, 6.07) is 1.52. The van der Waals surface area contributed by atoms with E-state index >= 15 is 0 Å². The number of thioether (sulfide) groups is 1. The summed E-state index contributed by atoms with van der Waals surface area (Å²) in [7, 11) is 1.25. The number of hydrogen-bond acceptors (Lipinski definition) is 5. The Bertz CT molecular complexity index is 892. The maximum absolute atomic E-state index is 14.6. The van der Waals surface area contributed by atoms with Crippen molar-refractivity contribution in [1.29, 1.82) is 0 Å². The fourth-order valence-electron chi connectivity index (χ4n) is 3.40. The van der Waals surface area contributed by atoms with Crippen LogP contribution in [0.2, 0.25) is 0 Å². The molecule has 1 aromatic heterocycles. The molecular formula is C19H22F2N4O3S.